The summed E-state index contributed by atoms with van der Waals surface area (Å²) in [5, 5.41) is 2.62. The molecule has 1 aromatic carbocycles. The highest BCUT2D eigenvalue weighted by Gasteiger charge is 2.33. The van der Waals surface area contributed by atoms with Gasteiger partial charge in [-0.15, -0.1) is 11.8 Å². The molecule has 0 radical (unpaired) electrons. The Morgan fingerprint density at radius 1 is 1.48 bits per heavy atom. The highest BCUT2D eigenvalue weighted by Crippen LogP contribution is 2.30. The average Bonchev–Trinajstić information content (AvgIpc) is 2.80. The second kappa shape index (κ2) is 7.45. The van der Waals surface area contributed by atoms with E-state index < -0.39 is 0 Å². The van der Waals surface area contributed by atoms with Crippen molar-refractivity contribution in [1.29, 1.82) is 0 Å². The van der Waals surface area contributed by atoms with Crippen molar-refractivity contribution in [2.45, 2.75) is 25.0 Å². The average molecular weight is 310 g/mol. The maximum atomic E-state index is 13.7. The summed E-state index contributed by atoms with van der Waals surface area (Å²) < 4.78 is 13.7. The highest BCUT2D eigenvalue weighted by molar-refractivity contribution is 8.00. The number of halogens is 1. The zero-order valence-corrected chi connectivity index (χ0v) is 12.8. The molecule has 6 heteroatoms. The number of para-hydroxylation sites is 1. The van der Waals surface area contributed by atoms with Gasteiger partial charge in [0.05, 0.1) is 10.9 Å². The number of hydrogen-bond acceptors (Lipinski definition) is 3. The summed E-state index contributed by atoms with van der Waals surface area (Å²) >= 11 is 1.58. The molecule has 1 saturated heterocycles. The smallest absolute Gasteiger partial charge is 0.240 e. The molecular weight excluding hydrogens is 291 g/mol. The maximum absolute atomic E-state index is 13.7. The minimum Gasteiger partial charge on any atom is -0.356 e. The molecule has 1 fully saturated rings. The Kier molecular flexibility index (Phi) is 5.61. The van der Waals surface area contributed by atoms with Gasteiger partial charge in [-0.25, -0.2) is 4.39 Å². The van der Waals surface area contributed by atoms with Crippen LogP contribution in [0.4, 0.5) is 10.1 Å². The third kappa shape index (κ3) is 4.20. The van der Waals surface area contributed by atoms with Crippen molar-refractivity contribution < 1.29 is 14.0 Å². The Bertz CT molecular complexity index is 524. The number of carbonyl (C=O) groups is 2. The lowest BCUT2D eigenvalue weighted by atomic mass is 10.3. The van der Waals surface area contributed by atoms with E-state index in [0.29, 0.717) is 18.8 Å². The number of nitrogens with zero attached hydrogens (tertiary/aromatic N) is 1. The van der Waals surface area contributed by atoms with Crippen LogP contribution in [0.2, 0.25) is 0 Å². The molecule has 4 nitrogen and oxygen atoms in total. The molecule has 0 aromatic heterocycles. The van der Waals surface area contributed by atoms with E-state index in [1.807, 2.05) is 0 Å². The van der Waals surface area contributed by atoms with E-state index in [1.165, 1.54) is 17.9 Å². The molecule has 0 saturated carbocycles. The van der Waals surface area contributed by atoms with Crippen LogP contribution >= 0.6 is 11.8 Å². The van der Waals surface area contributed by atoms with Crippen molar-refractivity contribution in [2.24, 2.45) is 0 Å². The van der Waals surface area contributed by atoms with Crippen LogP contribution in [0.1, 0.15) is 19.8 Å². The van der Waals surface area contributed by atoms with Crippen LogP contribution in [-0.2, 0) is 9.59 Å². The Labute approximate surface area is 128 Å². The van der Waals surface area contributed by atoms with E-state index in [4.69, 9.17) is 0 Å². The van der Waals surface area contributed by atoms with Crippen LogP contribution in [0.15, 0.2) is 24.3 Å². The fourth-order valence-electron chi connectivity index (χ4n) is 2.28. The summed E-state index contributed by atoms with van der Waals surface area (Å²) in [6.07, 6.45) is 1.56. The van der Waals surface area contributed by atoms with Gasteiger partial charge in [0.1, 0.15) is 5.82 Å². The van der Waals surface area contributed by atoms with Crippen molar-refractivity contribution >= 4 is 29.3 Å². The lowest BCUT2D eigenvalue weighted by Crippen LogP contribution is -2.29. The second-order valence-corrected chi connectivity index (χ2v) is 6.24. The molecule has 1 heterocycles. The molecule has 1 atom stereocenters. The summed E-state index contributed by atoms with van der Waals surface area (Å²) in [7, 11) is 0. The molecule has 1 aromatic rings. The van der Waals surface area contributed by atoms with Crippen LogP contribution in [-0.4, -0.2) is 35.9 Å². The van der Waals surface area contributed by atoms with Gasteiger partial charge in [-0.2, -0.15) is 0 Å². The lowest BCUT2D eigenvalue weighted by molar-refractivity contribution is -0.119. The van der Waals surface area contributed by atoms with Gasteiger partial charge in [0.25, 0.3) is 0 Å². The Morgan fingerprint density at radius 3 is 2.95 bits per heavy atom. The van der Waals surface area contributed by atoms with E-state index in [0.717, 1.165) is 18.6 Å². The van der Waals surface area contributed by atoms with E-state index in [-0.39, 0.29) is 22.9 Å². The van der Waals surface area contributed by atoms with E-state index in [9.17, 15) is 14.0 Å². The highest BCUT2D eigenvalue weighted by atomic mass is 32.2. The van der Waals surface area contributed by atoms with Crippen LogP contribution in [0.3, 0.4) is 0 Å². The third-order valence-corrected chi connectivity index (χ3v) is 4.68. The standard InChI is InChI=1S/C15H19FN2O2S/c1-11(19)17-8-4-10-21-14-7-9-18(15(14)20)13-6-3-2-5-12(13)16/h2-3,5-6,14H,4,7-10H2,1H3,(H,17,19). The lowest BCUT2D eigenvalue weighted by Gasteiger charge is -2.17. The molecule has 0 aliphatic carbocycles. The van der Waals surface area contributed by atoms with E-state index in [2.05, 4.69) is 5.32 Å². The molecule has 0 bridgehead atoms. The Balaban J connectivity index is 1.82. The first-order valence-corrected chi connectivity index (χ1v) is 8.06. The number of amides is 2. The monoisotopic (exact) mass is 310 g/mol. The van der Waals surface area contributed by atoms with Gasteiger partial charge < -0.3 is 10.2 Å². The van der Waals surface area contributed by atoms with Crippen molar-refractivity contribution in [3.05, 3.63) is 30.1 Å². The molecule has 1 N–H and O–H groups in total. The minimum atomic E-state index is -0.359. The zero-order valence-electron chi connectivity index (χ0n) is 12.0. The van der Waals surface area contributed by atoms with Gasteiger partial charge in [0.2, 0.25) is 11.8 Å². The van der Waals surface area contributed by atoms with E-state index in [1.54, 1.807) is 30.0 Å². The fraction of sp³-hybridized carbons (Fsp3) is 0.467. The largest absolute Gasteiger partial charge is 0.356 e. The van der Waals surface area contributed by atoms with Crippen molar-refractivity contribution in [3.63, 3.8) is 0 Å². The Hall–Kier alpha value is -1.56. The van der Waals surface area contributed by atoms with Gasteiger partial charge >= 0.3 is 0 Å². The number of carbonyl (C=O) groups excluding carboxylic acids is 2. The van der Waals surface area contributed by atoms with Crippen molar-refractivity contribution in [1.82, 2.24) is 5.32 Å². The number of benzene rings is 1. The molecule has 114 valence electrons. The summed E-state index contributed by atoms with van der Waals surface area (Å²) in [5.74, 6) is 0.386. The first-order chi connectivity index (χ1) is 10.1. The molecule has 1 unspecified atom stereocenters. The van der Waals surface area contributed by atoms with Crippen LogP contribution < -0.4 is 10.2 Å². The number of hydrogen-bond donors (Lipinski definition) is 1. The van der Waals surface area contributed by atoms with Crippen LogP contribution in [0.25, 0.3) is 0 Å². The molecule has 21 heavy (non-hydrogen) atoms. The molecule has 1 aliphatic heterocycles. The molecule has 0 spiro atoms. The summed E-state index contributed by atoms with van der Waals surface area (Å²) in [5.41, 5.74) is 0.365. The van der Waals surface area contributed by atoms with Gasteiger partial charge in [-0.3, -0.25) is 9.59 Å². The SMILES string of the molecule is CC(=O)NCCCSC1CCN(c2ccccc2F)C1=O. The number of thioether (sulfide) groups is 1. The van der Waals surface area contributed by atoms with Crippen molar-refractivity contribution in [3.8, 4) is 0 Å². The number of anilines is 1. The Morgan fingerprint density at radius 2 is 2.24 bits per heavy atom. The zero-order chi connectivity index (χ0) is 15.2. The van der Waals surface area contributed by atoms with Gasteiger partial charge in [0, 0.05) is 20.0 Å². The van der Waals surface area contributed by atoms with Crippen molar-refractivity contribution in [2.75, 3.05) is 23.7 Å². The van der Waals surface area contributed by atoms with Gasteiger partial charge in [-0.1, -0.05) is 12.1 Å². The maximum Gasteiger partial charge on any atom is 0.240 e. The minimum absolute atomic E-state index is 0.0235. The number of nitrogens with one attached hydrogen (secondary N) is 1. The summed E-state index contributed by atoms with van der Waals surface area (Å²) in [6, 6.07) is 6.36. The first kappa shape index (κ1) is 15.8. The fourth-order valence-corrected chi connectivity index (χ4v) is 3.42. The normalized spacial score (nSPS) is 18.1. The quantitative estimate of drug-likeness (QED) is 0.820. The number of rotatable bonds is 6. The molecule has 1 aliphatic rings. The van der Waals surface area contributed by atoms with Gasteiger partial charge in [0.15, 0.2) is 0 Å². The predicted octanol–water partition coefficient (Wildman–Crippen LogP) is 2.19. The second-order valence-electron chi connectivity index (χ2n) is 4.93. The van der Waals surface area contributed by atoms with E-state index >= 15 is 0 Å². The third-order valence-electron chi connectivity index (χ3n) is 3.31. The van der Waals surface area contributed by atoms with Crippen LogP contribution in [0, 0.1) is 5.82 Å². The predicted molar refractivity (Wildman–Crippen MR) is 82.9 cm³/mol. The first-order valence-electron chi connectivity index (χ1n) is 7.01. The summed E-state index contributed by atoms with van der Waals surface area (Å²) in [6.45, 7) is 2.67. The molecule has 2 amide bonds. The van der Waals surface area contributed by atoms with Gasteiger partial charge in [-0.05, 0) is 30.7 Å². The van der Waals surface area contributed by atoms with Crippen LogP contribution in [0.5, 0.6) is 0 Å². The molecular formula is C15H19FN2O2S. The topological polar surface area (TPSA) is 49.4 Å². The molecule has 2 rings (SSSR count). The summed E-state index contributed by atoms with van der Waals surface area (Å²) in [4.78, 5) is 24.6.